The van der Waals surface area contributed by atoms with Gasteiger partial charge in [-0.25, -0.2) is 4.79 Å². The van der Waals surface area contributed by atoms with Gasteiger partial charge in [0.15, 0.2) is 6.04 Å². The van der Waals surface area contributed by atoms with Crippen LogP contribution >= 0.6 is 0 Å². The molecule has 1 aliphatic carbocycles. The van der Waals surface area contributed by atoms with Crippen molar-refractivity contribution in [2.45, 2.75) is 25.3 Å². The molecule has 1 amide bonds. The fraction of sp³-hybridized carbons (Fsp3) is 0.500. The van der Waals surface area contributed by atoms with E-state index in [9.17, 15) is 14.7 Å². The van der Waals surface area contributed by atoms with E-state index in [1.807, 2.05) is 25.1 Å². The standard InChI is InChI=1S/C16H19NO4/c1-10-4-2-3-5-11(10)12-8-13(12)15(18)17-6-7-21-9-14(17)16(19)20/h2-5,12-14H,6-9H2,1H3,(H,19,20)/t12-,13-,14+/m0/s1. The normalized spacial score (nSPS) is 28.2. The van der Waals surface area contributed by atoms with E-state index >= 15 is 0 Å². The molecule has 1 aromatic carbocycles. The van der Waals surface area contributed by atoms with Gasteiger partial charge in [-0.15, -0.1) is 0 Å². The van der Waals surface area contributed by atoms with Crippen molar-refractivity contribution in [2.75, 3.05) is 19.8 Å². The Kier molecular flexibility index (Phi) is 3.68. The molecule has 0 unspecified atom stereocenters. The summed E-state index contributed by atoms with van der Waals surface area (Å²) in [4.78, 5) is 25.3. The van der Waals surface area contributed by atoms with Crippen LogP contribution in [0.2, 0.25) is 0 Å². The molecule has 1 heterocycles. The number of benzene rings is 1. The molecule has 1 saturated carbocycles. The maximum atomic E-state index is 12.6. The number of aryl methyl sites for hydroxylation is 1. The van der Waals surface area contributed by atoms with Crippen LogP contribution < -0.4 is 0 Å². The van der Waals surface area contributed by atoms with Crippen molar-refractivity contribution in [1.29, 1.82) is 0 Å². The second-order valence-electron chi connectivity index (χ2n) is 5.77. The van der Waals surface area contributed by atoms with E-state index in [0.29, 0.717) is 13.2 Å². The third kappa shape index (κ3) is 2.65. The number of carboxylic acids is 1. The first-order valence-corrected chi connectivity index (χ1v) is 7.26. The number of morpholine rings is 1. The van der Waals surface area contributed by atoms with Gasteiger partial charge in [0.05, 0.1) is 13.2 Å². The fourth-order valence-electron chi connectivity index (χ4n) is 3.10. The number of rotatable bonds is 3. The van der Waals surface area contributed by atoms with Gasteiger partial charge in [-0.1, -0.05) is 24.3 Å². The summed E-state index contributed by atoms with van der Waals surface area (Å²) in [6.07, 6.45) is 0.813. The number of ether oxygens (including phenoxy) is 1. The molecule has 2 aliphatic rings. The minimum atomic E-state index is -0.990. The van der Waals surface area contributed by atoms with Crippen molar-refractivity contribution in [3.8, 4) is 0 Å². The average Bonchev–Trinajstić information content (AvgIpc) is 3.27. The number of nitrogens with zero attached hydrogens (tertiary/aromatic N) is 1. The molecule has 3 atom stereocenters. The Labute approximate surface area is 123 Å². The molecule has 5 nitrogen and oxygen atoms in total. The molecule has 1 saturated heterocycles. The lowest BCUT2D eigenvalue weighted by atomic mass is 10.0. The van der Waals surface area contributed by atoms with Crippen LogP contribution in [0.5, 0.6) is 0 Å². The highest BCUT2D eigenvalue weighted by molar-refractivity contribution is 5.88. The van der Waals surface area contributed by atoms with Crippen LogP contribution in [0.25, 0.3) is 0 Å². The third-order valence-corrected chi connectivity index (χ3v) is 4.39. The Morgan fingerprint density at radius 2 is 2.10 bits per heavy atom. The van der Waals surface area contributed by atoms with Crippen LogP contribution in [0.4, 0.5) is 0 Å². The highest BCUT2D eigenvalue weighted by atomic mass is 16.5. The van der Waals surface area contributed by atoms with E-state index in [-0.39, 0.29) is 24.3 Å². The topological polar surface area (TPSA) is 66.8 Å². The second kappa shape index (κ2) is 5.48. The van der Waals surface area contributed by atoms with Gasteiger partial charge in [0, 0.05) is 12.5 Å². The van der Waals surface area contributed by atoms with Crippen molar-refractivity contribution in [3.05, 3.63) is 35.4 Å². The SMILES string of the molecule is Cc1ccccc1[C@@H]1C[C@@H]1C(=O)N1CCOC[C@@H]1C(=O)O. The molecule has 1 aliphatic heterocycles. The highest BCUT2D eigenvalue weighted by Crippen LogP contribution is 2.49. The quantitative estimate of drug-likeness (QED) is 0.913. The smallest absolute Gasteiger partial charge is 0.328 e. The molecule has 112 valence electrons. The molecule has 0 spiro atoms. The monoisotopic (exact) mass is 289 g/mol. The van der Waals surface area contributed by atoms with E-state index in [4.69, 9.17) is 4.74 Å². The lowest BCUT2D eigenvalue weighted by Gasteiger charge is -2.33. The average molecular weight is 289 g/mol. The number of carboxylic acid groups (broad SMARTS) is 1. The summed E-state index contributed by atoms with van der Waals surface area (Å²) in [5.41, 5.74) is 2.39. The van der Waals surface area contributed by atoms with Gasteiger partial charge in [0.25, 0.3) is 0 Å². The molecule has 0 bridgehead atoms. The van der Waals surface area contributed by atoms with Crippen molar-refractivity contribution in [1.82, 2.24) is 4.90 Å². The number of carbonyl (C=O) groups excluding carboxylic acids is 1. The van der Waals surface area contributed by atoms with E-state index in [1.165, 1.54) is 16.0 Å². The number of hydrogen-bond donors (Lipinski definition) is 1. The summed E-state index contributed by atoms with van der Waals surface area (Å²) in [7, 11) is 0. The summed E-state index contributed by atoms with van der Waals surface area (Å²) in [5.74, 6) is -0.878. The Hall–Kier alpha value is -1.88. The Morgan fingerprint density at radius 3 is 2.81 bits per heavy atom. The van der Waals surface area contributed by atoms with Crippen molar-refractivity contribution in [2.24, 2.45) is 5.92 Å². The minimum absolute atomic E-state index is 0.0426. The van der Waals surface area contributed by atoms with Crippen molar-refractivity contribution >= 4 is 11.9 Å². The van der Waals surface area contributed by atoms with Crippen LogP contribution in [0.1, 0.15) is 23.5 Å². The third-order valence-electron chi connectivity index (χ3n) is 4.39. The highest BCUT2D eigenvalue weighted by Gasteiger charge is 2.48. The van der Waals surface area contributed by atoms with Gasteiger partial charge < -0.3 is 14.7 Å². The lowest BCUT2D eigenvalue weighted by Crippen LogP contribution is -2.53. The second-order valence-corrected chi connectivity index (χ2v) is 5.77. The number of aliphatic carboxylic acids is 1. The van der Waals surface area contributed by atoms with Gasteiger partial charge in [-0.3, -0.25) is 4.79 Å². The van der Waals surface area contributed by atoms with Gasteiger partial charge in [-0.05, 0) is 30.4 Å². The molecule has 1 N–H and O–H groups in total. The summed E-state index contributed by atoms with van der Waals surface area (Å²) >= 11 is 0. The van der Waals surface area contributed by atoms with Gasteiger partial charge >= 0.3 is 5.97 Å². The maximum Gasteiger partial charge on any atom is 0.328 e. The lowest BCUT2D eigenvalue weighted by molar-refractivity contribution is -0.158. The number of carbonyl (C=O) groups is 2. The van der Waals surface area contributed by atoms with Crippen LogP contribution in [0.3, 0.4) is 0 Å². The first kappa shape index (κ1) is 14.1. The van der Waals surface area contributed by atoms with Crippen molar-refractivity contribution < 1.29 is 19.4 Å². The number of amides is 1. The molecule has 21 heavy (non-hydrogen) atoms. The van der Waals surface area contributed by atoms with Crippen LogP contribution in [0.15, 0.2) is 24.3 Å². The van der Waals surface area contributed by atoms with E-state index < -0.39 is 12.0 Å². The minimum Gasteiger partial charge on any atom is -0.480 e. The number of hydrogen-bond acceptors (Lipinski definition) is 3. The Balaban J connectivity index is 1.72. The van der Waals surface area contributed by atoms with Gasteiger partial charge in [0.2, 0.25) is 5.91 Å². The van der Waals surface area contributed by atoms with E-state index in [2.05, 4.69) is 6.07 Å². The van der Waals surface area contributed by atoms with Gasteiger partial charge in [0.1, 0.15) is 0 Å². The Morgan fingerprint density at radius 1 is 1.33 bits per heavy atom. The van der Waals surface area contributed by atoms with Crippen LogP contribution in [-0.4, -0.2) is 47.7 Å². The molecule has 0 aromatic heterocycles. The zero-order valence-corrected chi connectivity index (χ0v) is 12.0. The molecule has 3 rings (SSSR count). The molecular weight excluding hydrogens is 270 g/mol. The predicted molar refractivity (Wildman–Crippen MR) is 76.0 cm³/mol. The first-order valence-electron chi connectivity index (χ1n) is 7.26. The maximum absolute atomic E-state index is 12.6. The van der Waals surface area contributed by atoms with Crippen LogP contribution in [-0.2, 0) is 14.3 Å². The van der Waals surface area contributed by atoms with E-state index in [0.717, 1.165) is 6.42 Å². The van der Waals surface area contributed by atoms with E-state index in [1.54, 1.807) is 0 Å². The van der Waals surface area contributed by atoms with Gasteiger partial charge in [-0.2, -0.15) is 0 Å². The van der Waals surface area contributed by atoms with Crippen molar-refractivity contribution in [3.63, 3.8) is 0 Å². The summed E-state index contributed by atoms with van der Waals surface area (Å²) in [5, 5.41) is 9.21. The van der Waals surface area contributed by atoms with Crippen LogP contribution in [0, 0.1) is 12.8 Å². The molecule has 2 fully saturated rings. The molecular formula is C16H19NO4. The molecule has 1 aromatic rings. The largest absolute Gasteiger partial charge is 0.480 e. The Bertz CT molecular complexity index is 571. The molecule has 5 heteroatoms. The first-order chi connectivity index (χ1) is 10.1. The fourth-order valence-corrected chi connectivity index (χ4v) is 3.10. The summed E-state index contributed by atoms with van der Waals surface area (Å²) in [6.45, 7) is 2.91. The summed E-state index contributed by atoms with van der Waals surface area (Å²) in [6, 6.07) is 7.23. The molecule has 0 radical (unpaired) electrons. The zero-order chi connectivity index (χ0) is 15.0. The summed E-state index contributed by atoms with van der Waals surface area (Å²) < 4.78 is 5.18. The predicted octanol–water partition coefficient (Wildman–Crippen LogP) is 1.41. The zero-order valence-electron chi connectivity index (χ0n) is 12.0.